The van der Waals surface area contributed by atoms with E-state index in [4.69, 9.17) is 15.2 Å². The van der Waals surface area contributed by atoms with Crippen LogP contribution in [-0.4, -0.2) is 30.9 Å². The molecule has 4 heteroatoms. The molecule has 0 heterocycles. The number of nitrogen functional groups attached to an aromatic ring is 1. The predicted octanol–water partition coefficient (Wildman–Crippen LogP) is 10.4. The van der Waals surface area contributed by atoms with Crippen molar-refractivity contribution >= 4 is 19.2 Å². The van der Waals surface area contributed by atoms with Crippen LogP contribution in [0.25, 0.3) is 16.7 Å². The average molecular weight is 582 g/mol. The molecule has 2 fully saturated rings. The smallest absolute Gasteiger partial charge is 0.125 e. The summed E-state index contributed by atoms with van der Waals surface area (Å²) in [5.74, 6) is 1.00. The van der Waals surface area contributed by atoms with Gasteiger partial charge in [0.2, 0.25) is 0 Å². The Labute approximate surface area is 255 Å². The van der Waals surface area contributed by atoms with Gasteiger partial charge in [0.05, 0.1) is 7.11 Å². The van der Waals surface area contributed by atoms with Gasteiger partial charge in [-0.1, -0.05) is 131 Å². The third kappa shape index (κ3) is 6.85. The molecule has 2 saturated carbocycles. The normalized spacial score (nSPS) is 21.6. The Kier molecular flexibility index (Phi) is 10.9. The number of nitrogens with two attached hydrogens (primary N) is 1. The number of para-hydroxylation sites is 1. The molecular formula is C38H48NO2P. The monoisotopic (exact) mass is 581 g/mol. The Balaban J connectivity index is 0.000000226. The van der Waals surface area contributed by atoms with E-state index >= 15 is 0 Å². The van der Waals surface area contributed by atoms with Gasteiger partial charge in [-0.25, -0.2) is 0 Å². The molecule has 0 spiro atoms. The van der Waals surface area contributed by atoms with Gasteiger partial charge >= 0.3 is 0 Å². The van der Waals surface area contributed by atoms with Crippen molar-refractivity contribution in [3.05, 3.63) is 108 Å². The molecule has 3 aliphatic carbocycles. The van der Waals surface area contributed by atoms with E-state index in [0.717, 1.165) is 34.7 Å². The number of methoxy groups -OCH3 is 2. The van der Waals surface area contributed by atoms with E-state index in [1.165, 1.54) is 80.9 Å². The maximum Gasteiger partial charge on any atom is 0.125 e. The van der Waals surface area contributed by atoms with Crippen molar-refractivity contribution in [1.29, 1.82) is 0 Å². The second kappa shape index (κ2) is 15.0. The Morgan fingerprint density at radius 2 is 1.19 bits per heavy atom. The summed E-state index contributed by atoms with van der Waals surface area (Å²) in [6.07, 6.45) is 19.4. The summed E-state index contributed by atoms with van der Waals surface area (Å²) in [7, 11) is 3.48. The lowest BCUT2D eigenvalue weighted by Crippen LogP contribution is -2.40. The minimum atomic E-state index is -0.306. The van der Waals surface area contributed by atoms with Crippen molar-refractivity contribution in [2.24, 2.45) is 0 Å². The van der Waals surface area contributed by atoms with E-state index in [-0.39, 0.29) is 13.3 Å². The number of hydrogen-bond acceptors (Lipinski definition) is 3. The molecule has 3 aromatic carbocycles. The van der Waals surface area contributed by atoms with Crippen molar-refractivity contribution in [2.75, 3.05) is 20.0 Å². The van der Waals surface area contributed by atoms with Crippen LogP contribution < -0.4 is 5.73 Å². The number of benzene rings is 3. The first-order valence-corrected chi connectivity index (χ1v) is 17.4. The number of hydrogen-bond donors (Lipinski definition) is 1. The fourth-order valence-electron chi connectivity index (χ4n) is 7.36. The minimum Gasteiger partial charge on any atom is -0.496 e. The van der Waals surface area contributed by atoms with Gasteiger partial charge in [-0.3, -0.25) is 0 Å². The molecule has 2 N–H and O–H groups in total. The molecule has 0 saturated heterocycles. The molecule has 222 valence electrons. The lowest BCUT2D eigenvalue weighted by Gasteiger charge is -2.51. The van der Waals surface area contributed by atoms with Gasteiger partial charge in [0.15, 0.2) is 0 Å². The van der Waals surface area contributed by atoms with Crippen LogP contribution in [-0.2, 0) is 9.47 Å². The highest BCUT2D eigenvalue weighted by Crippen LogP contribution is 2.69. The minimum absolute atomic E-state index is 0.221. The van der Waals surface area contributed by atoms with Crippen molar-refractivity contribution in [3.63, 3.8) is 0 Å². The van der Waals surface area contributed by atoms with Gasteiger partial charge in [-0.05, 0) is 60.3 Å². The van der Waals surface area contributed by atoms with Crippen molar-refractivity contribution in [2.45, 2.75) is 87.3 Å². The van der Waals surface area contributed by atoms with E-state index in [0.29, 0.717) is 0 Å². The van der Waals surface area contributed by atoms with Gasteiger partial charge in [0, 0.05) is 30.4 Å². The van der Waals surface area contributed by atoms with Crippen molar-refractivity contribution < 1.29 is 9.47 Å². The van der Waals surface area contributed by atoms with E-state index in [1.54, 1.807) is 0 Å². The van der Waals surface area contributed by atoms with Crippen LogP contribution >= 0.6 is 7.92 Å². The molecule has 0 bridgehead atoms. The third-order valence-corrected chi connectivity index (χ3v) is 13.3. The van der Waals surface area contributed by atoms with Gasteiger partial charge < -0.3 is 15.2 Å². The fourth-order valence-corrected chi connectivity index (χ4v) is 12.0. The van der Waals surface area contributed by atoms with E-state index in [9.17, 15) is 0 Å². The van der Waals surface area contributed by atoms with Gasteiger partial charge in [-0.2, -0.15) is 0 Å². The van der Waals surface area contributed by atoms with Crippen LogP contribution in [0.4, 0.5) is 5.69 Å². The highest BCUT2D eigenvalue weighted by atomic mass is 31.1. The topological polar surface area (TPSA) is 44.5 Å². The molecule has 0 aliphatic heterocycles. The molecule has 6 rings (SSSR count). The summed E-state index contributed by atoms with van der Waals surface area (Å²) < 4.78 is 12.6. The third-order valence-electron chi connectivity index (χ3n) is 9.32. The molecule has 0 amide bonds. The van der Waals surface area contributed by atoms with E-state index in [2.05, 4.69) is 54.6 Å². The summed E-state index contributed by atoms with van der Waals surface area (Å²) in [5.41, 5.74) is 13.2. The maximum absolute atomic E-state index is 6.69. The SMILES string of the molecule is COC1=C(c2ccccc2)C(OC)(P(C2CCCCC2)C2CCCCC2)CC=C1.Nc1ccccc1-c1ccccc1. The Morgan fingerprint density at radius 1 is 0.667 bits per heavy atom. The molecule has 3 aromatic rings. The molecule has 1 atom stereocenters. The molecule has 42 heavy (non-hydrogen) atoms. The van der Waals surface area contributed by atoms with Crippen LogP contribution in [0.2, 0.25) is 0 Å². The first-order chi connectivity index (χ1) is 20.7. The molecule has 0 aromatic heterocycles. The van der Waals surface area contributed by atoms with Crippen LogP contribution in [0.3, 0.4) is 0 Å². The van der Waals surface area contributed by atoms with Gasteiger partial charge in [0.25, 0.3) is 0 Å². The lowest BCUT2D eigenvalue weighted by molar-refractivity contribution is 0.108. The van der Waals surface area contributed by atoms with Crippen LogP contribution in [0.5, 0.6) is 0 Å². The largest absolute Gasteiger partial charge is 0.496 e. The average Bonchev–Trinajstić information content (AvgIpc) is 3.07. The second-order valence-electron chi connectivity index (χ2n) is 11.8. The zero-order valence-corrected chi connectivity index (χ0v) is 26.4. The molecular weight excluding hydrogens is 533 g/mol. The summed E-state index contributed by atoms with van der Waals surface area (Å²) in [4.78, 5) is 0. The predicted molar refractivity (Wildman–Crippen MR) is 181 cm³/mol. The zero-order chi connectivity index (χ0) is 29.2. The number of rotatable bonds is 7. The quantitative estimate of drug-likeness (QED) is 0.223. The zero-order valence-electron chi connectivity index (χ0n) is 25.5. The maximum atomic E-state index is 6.69. The first kappa shape index (κ1) is 30.6. The van der Waals surface area contributed by atoms with Gasteiger partial charge in [0.1, 0.15) is 11.1 Å². The second-order valence-corrected chi connectivity index (χ2v) is 14.8. The summed E-state index contributed by atoms with van der Waals surface area (Å²) in [6, 6.07) is 29.0. The molecule has 3 aliphatic rings. The molecule has 1 unspecified atom stereocenters. The summed E-state index contributed by atoms with van der Waals surface area (Å²) >= 11 is 0. The summed E-state index contributed by atoms with van der Waals surface area (Å²) in [6.45, 7) is 0. The van der Waals surface area contributed by atoms with E-state index < -0.39 is 0 Å². The number of ether oxygens (including phenoxy) is 2. The molecule has 3 nitrogen and oxygen atoms in total. The fraction of sp³-hybridized carbons (Fsp3) is 0.421. The van der Waals surface area contributed by atoms with Crippen LogP contribution in [0.1, 0.15) is 76.2 Å². The number of allylic oxidation sites excluding steroid dienone is 1. The molecule has 0 radical (unpaired) electrons. The van der Waals surface area contributed by atoms with Crippen molar-refractivity contribution in [3.8, 4) is 11.1 Å². The van der Waals surface area contributed by atoms with E-state index in [1.807, 2.05) is 56.7 Å². The Bertz CT molecular complexity index is 1290. The van der Waals surface area contributed by atoms with Crippen LogP contribution in [0, 0.1) is 0 Å². The van der Waals surface area contributed by atoms with Crippen molar-refractivity contribution in [1.82, 2.24) is 0 Å². The Morgan fingerprint density at radius 3 is 1.71 bits per heavy atom. The lowest BCUT2D eigenvalue weighted by atomic mass is 9.92. The number of anilines is 1. The van der Waals surface area contributed by atoms with Crippen LogP contribution in [0.15, 0.2) is 103 Å². The Hall–Kier alpha value is -2.87. The van der Waals surface area contributed by atoms with Gasteiger partial charge in [-0.15, -0.1) is 0 Å². The standard InChI is InChI=1S/C26H37O2P.C12H11N/c1-27-24-19-12-20-26(28-2,25(24)21-13-6-3-7-14-21)29(22-15-8-4-9-16-22)23-17-10-5-11-18-23;13-12-9-5-4-8-11(12)10-6-2-1-3-7-10/h3,6-7,12-14,19,22-23H,4-5,8-11,15-18,20H2,1-2H3;1-9H,13H2. The highest BCUT2D eigenvalue weighted by molar-refractivity contribution is 7.61. The first-order valence-electron chi connectivity index (χ1n) is 15.9. The highest BCUT2D eigenvalue weighted by Gasteiger charge is 2.51. The summed E-state index contributed by atoms with van der Waals surface area (Å²) in [5, 5.41) is -0.221.